The minimum atomic E-state index is 0.236. The molecule has 0 saturated carbocycles. The molecule has 6 heteroatoms. The van der Waals surface area contributed by atoms with Gasteiger partial charge in [-0.3, -0.25) is 4.98 Å². The van der Waals surface area contributed by atoms with Crippen LogP contribution in [0.4, 0.5) is 11.6 Å². The van der Waals surface area contributed by atoms with Crippen LogP contribution in [0.5, 0.6) is 0 Å². The summed E-state index contributed by atoms with van der Waals surface area (Å²) < 4.78 is 5.78. The van der Waals surface area contributed by atoms with Crippen LogP contribution >= 0.6 is 0 Å². The van der Waals surface area contributed by atoms with Crippen molar-refractivity contribution in [3.05, 3.63) is 41.5 Å². The molecule has 0 aliphatic carbocycles. The van der Waals surface area contributed by atoms with E-state index in [0.717, 1.165) is 41.7 Å². The fourth-order valence-electron chi connectivity index (χ4n) is 2.96. The molecule has 6 nitrogen and oxygen atoms in total. The average molecular weight is 327 g/mol. The summed E-state index contributed by atoms with van der Waals surface area (Å²) in [4.78, 5) is 15.7. The molecule has 3 heterocycles. The maximum Gasteiger partial charge on any atom is 0.148 e. The van der Waals surface area contributed by atoms with Gasteiger partial charge in [-0.25, -0.2) is 9.97 Å². The topological polar surface area (TPSA) is 63.2 Å². The number of morpholine rings is 1. The summed E-state index contributed by atoms with van der Waals surface area (Å²) in [6, 6.07) is 4.19. The molecule has 1 aliphatic rings. The third-order valence-corrected chi connectivity index (χ3v) is 4.09. The highest BCUT2D eigenvalue weighted by molar-refractivity contribution is 5.43. The van der Waals surface area contributed by atoms with Crippen molar-refractivity contribution < 1.29 is 4.74 Å². The second kappa shape index (κ2) is 7.13. The van der Waals surface area contributed by atoms with Crippen molar-refractivity contribution in [3.63, 3.8) is 0 Å². The first-order chi connectivity index (χ1) is 11.5. The van der Waals surface area contributed by atoms with Crippen LogP contribution in [0.3, 0.4) is 0 Å². The van der Waals surface area contributed by atoms with Crippen LogP contribution < -0.4 is 10.2 Å². The molecule has 0 radical (unpaired) electrons. The van der Waals surface area contributed by atoms with Gasteiger partial charge in [0.05, 0.1) is 23.6 Å². The third-order valence-electron chi connectivity index (χ3n) is 4.09. The minimum Gasteiger partial charge on any atom is -0.372 e. The summed E-state index contributed by atoms with van der Waals surface area (Å²) in [6.45, 7) is 10.6. The highest BCUT2D eigenvalue weighted by atomic mass is 16.5. The van der Waals surface area contributed by atoms with Gasteiger partial charge in [0.1, 0.15) is 11.6 Å². The summed E-state index contributed by atoms with van der Waals surface area (Å²) in [5, 5.41) is 3.34. The van der Waals surface area contributed by atoms with Crippen LogP contribution in [-0.4, -0.2) is 40.2 Å². The lowest BCUT2D eigenvalue weighted by atomic mass is 10.2. The van der Waals surface area contributed by atoms with Gasteiger partial charge in [-0.2, -0.15) is 0 Å². The first-order valence-corrected chi connectivity index (χ1v) is 8.40. The van der Waals surface area contributed by atoms with E-state index < -0.39 is 0 Å². The zero-order chi connectivity index (χ0) is 17.1. The Kier molecular flexibility index (Phi) is 4.94. The fraction of sp³-hybridized carbons (Fsp3) is 0.500. The standard InChI is InChI=1S/C18H25N5O/c1-12-7-19-15(4)18(22-12)21-9-16-5-6-17(20-8-16)23-10-13(2)24-14(3)11-23/h5-8,13-14H,9-11H2,1-4H3,(H,21,22). The number of nitrogens with one attached hydrogen (secondary N) is 1. The van der Waals surface area contributed by atoms with Gasteiger partial charge in [0, 0.05) is 32.0 Å². The lowest BCUT2D eigenvalue weighted by Gasteiger charge is -2.36. The van der Waals surface area contributed by atoms with Crippen molar-refractivity contribution in [2.75, 3.05) is 23.3 Å². The molecule has 0 amide bonds. The van der Waals surface area contributed by atoms with Gasteiger partial charge < -0.3 is 15.0 Å². The lowest BCUT2D eigenvalue weighted by molar-refractivity contribution is -0.00545. The van der Waals surface area contributed by atoms with Crippen LogP contribution in [0.1, 0.15) is 30.8 Å². The summed E-state index contributed by atoms with van der Waals surface area (Å²) in [5.41, 5.74) is 2.93. The lowest BCUT2D eigenvalue weighted by Crippen LogP contribution is -2.45. The van der Waals surface area contributed by atoms with Crippen molar-refractivity contribution in [2.45, 2.75) is 46.4 Å². The largest absolute Gasteiger partial charge is 0.372 e. The zero-order valence-corrected chi connectivity index (χ0v) is 14.8. The van der Waals surface area contributed by atoms with E-state index in [0.29, 0.717) is 6.54 Å². The maximum absolute atomic E-state index is 5.78. The Hall–Kier alpha value is -2.21. The second-order valence-corrected chi connectivity index (χ2v) is 6.49. The first kappa shape index (κ1) is 16.6. The van der Waals surface area contributed by atoms with E-state index in [4.69, 9.17) is 4.74 Å². The van der Waals surface area contributed by atoms with E-state index >= 15 is 0 Å². The monoisotopic (exact) mass is 327 g/mol. The molecule has 1 N–H and O–H groups in total. The summed E-state index contributed by atoms with van der Waals surface area (Å²) in [6.07, 6.45) is 4.17. The number of aromatic nitrogens is 3. The normalized spacial score (nSPS) is 20.9. The molecular weight excluding hydrogens is 302 g/mol. The van der Waals surface area contributed by atoms with Crippen molar-refractivity contribution in [3.8, 4) is 0 Å². The van der Waals surface area contributed by atoms with Crippen LogP contribution in [0.25, 0.3) is 0 Å². The van der Waals surface area contributed by atoms with E-state index in [9.17, 15) is 0 Å². The highest BCUT2D eigenvalue weighted by Gasteiger charge is 2.22. The van der Waals surface area contributed by atoms with Crippen LogP contribution in [0, 0.1) is 13.8 Å². The molecule has 0 aromatic carbocycles. The van der Waals surface area contributed by atoms with E-state index in [1.807, 2.05) is 20.0 Å². The Morgan fingerprint density at radius 1 is 1.12 bits per heavy atom. The molecule has 1 fully saturated rings. The SMILES string of the molecule is Cc1cnc(C)c(NCc2ccc(N3CC(C)OC(C)C3)nc2)n1. The van der Waals surface area contributed by atoms with Crippen molar-refractivity contribution in [1.82, 2.24) is 15.0 Å². The second-order valence-electron chi connectivity index (χ2n) is 6.49. The number of anilines is 2. The molecule has 2 aromatic heterocycles. The Bertz CT molecular complexity index is 678. The predicted molar refractivity (Wildman–Crippen MR) is 95.3 cm³/mol. The summed E-state index contributed by atoms with van der Waals surface area (Å²) in [5.74, 6) is 1.84. The smallest absolute Gasteiger partial charge is 0.148 e. The molecule has 1 aliphatic heterocycles. The molecule has 2 aromatic rings. The van der Waals surface area contributed by atoms with E-state index in [1.54, 1.807) is 6.20 Å². The maximum atomic E-state index is 5.78. The molecule has 2 atom stereocenters. The third kappa shape index (κ3) is 4.00. The van der Waals surface area contributed by atoms with Crippen molar-refractivity contribution in [2.24, 2.45) is 0 Å². The first-order valence-electron chi connectivity index (χ1n) is 8.40. The van der Waals surface area contributed by atoms with Gasteiger partial charge in [0.25, 0.3) is 0 Å². The molecule has 24 heavy (non-hydrogen) atoms. The molecule has 2 unspecified atom stereocenters. The Morgan fingerprint density at radius 2 is 1.88 bits per heavy atom. The predicted octanol–water partition coefficient (Wildman–Crippen LogP) is 2.71. The molecular formula is C18H25N5O. The van der Waals surface area contributed by atoms with Crippen molar-refractivity contribution in [1.29, 1.82) is 0 Å². The highest BCUT2D eigenvalue weighted by Crippen LogP contribution is 2.19. The van der Waals surface area contributed by atoms with Crippen LogP contribution in [0.15, 0.2) is 24.5 Å². The molecule has 3 rings (SSSR count). The van der Waals surface area contributed by atoms with Gasteiger partial charge in [-0.15, -0.1) is 0 Å². The van der Waals surface area contributed by atoms with E-state index in [2.05, 4.69) is 51.1 Å². The summed E-state index contributed by atoms with van der Waals surface area (Å²) >= 11 is 0. The Morgan fingerprint density at radius 3 is 2.54 bits per heavy atom. The van der Waals surface area contributed by atoms with Gasteiger partial charge in [0.2, 0.25) is 0 Å². The Labute approximate surface area is 143 Å². The van der Waals surface area contributed by atoms with Gasteiger partial charge >= 0.3 is 0 Å². The van der Waals surface area contributed by atoms with Gasteiger partial charge in [-0.1, -0.05) is 6.07 Å². The molecule has 1 saturated heterocycles. The van der Waals surface area contributed by atoms with E-state index in [-0.39, 0.29) is 12.2 Å². The minimum absolute atomic E-state index is 0.236. The number of rotatable bonds is 4. The molecule has 0 spiro atoms. The number of hydrogen-bond donors (Lipinski definition) is 1. The number of hydrogen-bond acceptors (Lipinski definition) is 6. The average Bonchev–Trinajstić information content (AvgIpc) is 2.55. The summed E-state index contributed by atoms with van der Waals surface area (Å²) in [7, 11) is 0. The van der Waals surface area contributed by atoms with Crippen LogP contribution in [-0.2, 0) is 11.3 Å². The molecule has 128 valence electrons. The number of pyridine rings is 1. The number of nitrogens with zero attached hydrogens (tertiary/aromatic N) is 4. The van der Waals surface area contributed by atoms with Gasteiger partial charge in [-0.05, 0) is 39.3 Å². The number of aryl methyl sites for hydroxylation is 2. The van der Waals surface area contributed by atoms with E-state index in [1.165, 1.54) is 0 Å². The quantitative estimate of drug-likeness (QED) is 0.931. The molecule has 0 bridgehead atoms. The number of ether oxygens (including phenoxy) is 1. The Balaban J connectivity index is 1.63. The van der Waals surface area contributed by atoms with Crippen molar-refractivity contribution >= 4 is 11.6 Å². The zero-order valence-electron chi connectivity index (χ0n) is 14.8. The fourth-order valence-corrected chi connectivity index (χ4v) is 2.96. The van der Waals surface area contributed by atoms with Crippen LogP contribution in [0.2, 0.25) is 0 Å². The van der Waals surface area contributed by atoms with Gasteiger partial charge in [0.15, 0.2) is 0 Å².